The summed E-state index contributed by atoms with van der Waals surface area (Å²) >= 11 is 0. The van der Waals surface area contributed by atoms with Crippen molar-refractivity contribution in [2.75, 3.05) is 13.1 Å². The lowest BCUT2D eigenvalue weighted by Gasteiger charge is -2.32. The van der Waals surface area contributed by atoms with Gasteiger partial charge in [0.05, 0.1) is 5.69 Å². The van der Waals surface area contributed by atoms with Crippen LogP contribution in [0.15, 0.2) is 42.7 Å². The number of nitrogens with one attached hydrogen (secondary N) is 1. The smallest absolute Gasteiger partial charge is 0.253 e. The number of aromatic amines is 1. The Hall–Kier alpha value is -2.76. The molecule has 1 saturated heterocycles. The van der Waals surface area contributed by atoms with Gasteiger partial charge in [-0.15, -0.1) is 0 Å². The van der Waals surface area contributed by atoms with Crippen LogP contribution < -0.4 is 0 Å². The number of carbonyl (C=O) groups excluding carboxylic acids is 1. The molecule has 1 N–H and O–H groups in total. The third kappa shape index (κ3) is 2.56. The molecule has 6 heteroatoms. The van der Waals surface area contributed by atoms with E-state index in [1.807, 2.05) is 35.2 Å². The van der Waals surface area contributed by atoms with Gasteiger partial charge in [-0.1, -0.05) is 18.2 Å². The standard InChI is InChI=1S/C17H17N5O/c23-17(12-5-2-1-3-6-12)22-10-4-7-13(11-22)14-15-16(21-20-14)19-9-8-18-15/h1-3,5-6,8-9,13H,4,7,10-11H2,(H,19,20,21). The number of H-pyrrole nitrogens is 1. The molecule has 0 aliphatic carbocycles. The molecule has 116 valence electrons. The van der Waals surface area contributed by atoms with E-state index in [2.05, 4.69) is 20.2 Å². The number of hydrogen-bond acceptors (Lipinski definition) is 4. The second-order valence-electron chi connectivity index (χ2n) is 5.82. The maximum Gasteiger partial charge on any atom is 0.253 e. The van der Waals surface area contributed by atoms with Gasteiger partial charge in [0.1, 0.15) is 5.52 Å². The fourth-order valence-electron chi connectivity index (χ4n) is 3.21. The molecule has 3 heterocycles. The fourth-order valence-corrected chi connectivity index (χ4v) is 3.21. The van der Waals surface area contributed by atoms with E-state index in [1.165, 1.54) is 0 Å². The summed E-state index contributed by atoms with van der Waals surface area (Å²) in [7, 11) is 0. The number of rotatable bonds is 2. The zero-order chi connectivity index (χ0) is 15.6. The van der Waals surface area contributed by atoms with Crippen LogP contribution in [-0.2, 0) is 0 Å². The fraction of sp³-hybridized carbons (Fsp3) is 0.294. The molecule has 1 unspecified atom stereocenters. The van der Waals surface area contributed by atoms with E-state index in [1.54, 1.807) is 12.4 Å². The van der Waals surface area contributed by atoms with Gasteiger partial charge < -0.3 is 4.90 Å². The second-order valence-corrected chi connectivity index (χ2v) is 5.82. The van der Waals surface area contributed by atoms with Crippen molar-refractivity contribution in [3.8, 4) is 0 Å². The minimum absolute atomic E-state index is 0.0882. The highest BCUT2D eigenvalue weighted by Crippen LogP contribution is 2.29. The third-order valence-corrected chi connectivity index (χ3v) is 4.35. The van der Waals surface area contributed by atoms with Gasteiger partial charge in [-0.2, -0.15) is 5.10 Å². The maximum atomic E-state index is 12.7. The van der Waals surface area contributed by atoms with E-state index in [4.69, 9.17) is 0 Å². The molecule has 1 aromatic carbocycles. The number of piperidine rings is 1. The molecule has 0 saturated carbocycles. The summed E-state index contributed by atoms with van der Waals surface area (Å²) in [6.45, 7) is 1.48. The van der Waals surface area contributed by atoms with Crippen LogP contribution >= 0.6 is 0 Å². The monoisotopic (exact) mass is 307 g/mol. The predicted octanol–water partition coefficient (Wildman–Crippen LogP) is 2.37. The van der Waals surface area contributed by atoms with Gasteiger partial charge in [-0.05, 0) is 25.0 Å². The summed E-state index contributed by atoms with van der Waals surface area (Å²) in [6.07, 6.45) is 5.31. The number of benzene rings is 1. The van der Waals surface area contributed by atoms with Crippen molar-refractivity contribution in [3.63, 3.8) is 0 Å². The molecule has 0 bridgehead atoms. The van der Waals surface area contributed by atoms with Crippen molar-refractivity contribution < 1.29 is 4.79 Å². The number of fused-ring (bicyclic) bond motifs is 1. The molecule has 1 atom stereocenters. The Bertz CT molecular complexity index is 829. The van der Waals surface area contributed by atoms with Gasteiger partial charge in [-0.25, -0.2) is 9.97 Å². The molecular formula is C17H17N5O. The van der Waals surface area contributed by atoms with Crippen LogP contribution in [0, 0.1) is 0 Å². The van der Waals surface area contributed by atoms with Gasteiger partial charge in [0.2, 0.25) is 0 Å². The van der Waals surface area contributed by atoms with E-state index in [0.29, 0.717) is 12.2 Å². The summed E-state index contributed by atoms with van der Waals surface area (Å²) in [5, 5.41) is 7.29. The van der Waals surface area contributed by atoms with Gasteiger partial charge in [0, 0.05) is 37.0 Å². The van der Waals surface area contributed by atoms with Crippen LogP contribution in [0.5, 0.6) is 0 Å². The molecule has 0 spiro atoms. The lowest BCUT2D eigenvalue weighted by molar-refractivity contribution is 0.0706. The Balaban J connectivity index is 1.59. The summed E-state index contributed by atoms with van der Waals surface area (Å²) in [5.74, 6) is 0.309. The number of likely N-dealkylation sites (tertiary alicyclic amines) is 1. The van der Waals surface area contributed by atoms with E-state index in [-0.39, 0.29) is 11.8 Å². The first-order valence-corrected chi connectivity index (χ1v) is 7.82. The van der Waals surface area contributed by atoms with Crippen molar-refractivity contribution in [2.45, 2.75) is 18.8 Å². The molecule has 1 aliphatic heterocycles. The first kappa shape index (κ1) is 13.9. The first-order chi connectivity index (χ1) is 11.3. The van der Waals surface area contributed by atoms with Crippen LogP contribution in [-0.4, -0.2) is 44.1 Å². The van der Waals surface area contributed by atoms with E-state index in [0.717, 1.165) is 36.2 Å². The second kappa shape index (κ2) is 5.79. The van der Waals surface area contributed by atoms with E-state index in [9.17, 15) is 4.79 Å². The van der Waals surface area contributed by atoms with Crippen LogP contribution in [0.4, 0.5) is 0 Å². The normalized spacial score (nSPS) is 18.3. The molecule has 1 fully saturated rings. The Kier molecular flexibility index (Phi) is 3.49. The molecule has 3 aromatic rings. The molecule has 1 amide bonds. The van der Waals surface area contributed by atoms with Crippen LogP contribution in [0.25, 0.3) is 11.2 Å². The number of hydrogen-bond donors (Lipinski definition) is 1. The predicted molar refractivity (Wildman–Crippen MR) is 86.0 cm³/mol. The highest BCUT2D eigenvalue weighted by atomic mass is 16.2. The zero-order valence-corrected chi connectivity index (χ0v) is 12.6. The molecule has 2 aromatic heterocycles. The van der Waals surface area contributed by atoms with Crippen molar-refractivity contribution in [1.82, 2.24) is 25.1 Å². The zero-order valence-electron chi connectivity index (χ0n) is 12.6. The summed E-state index contributed by atoms with van der Waals surface area (Å²) in [6, 6.07) is 9.44. The SMILES string of the molecule is O=C(c1ccccc1)N1CCCC(c2[nH]nc3nccnc23)C1. The minimum Gasteiger partial charge on any atom is -0.338 e. The largest absolute Gasteiger partial charge is 0.338 e. The summed E-state index contributed by atoms with van der Waals surface area (Å²) < 4.78 is 0. The number of amides is 1. The number of carbonyl (C=O) groups is 1. The first-order valence-electron chi connectivity index (χ1n) is 7.82. The highest BCUT2D eigenvalue weighted by molar-refractivity contribution is 5.94. The molecule has 4 rings (SSSR count). The van der Waals surface area contributed by atoms with Crippen molar-refractivity contribution in [2.24, 2.45) is 0 Å². The maximum absolute atomic E-state index is 12.7. The van der Waals surface area contributed by atoms with Crippen molar-refractivity contribution >= 4 is 17.1 Å². The summed E-state index contributed by atoms with van der Waals surface area (Å²) in [4.78, 5) is 23.2. The minimum atomic E-state index is 0.0882. The highest BCUT2D eigenvalue weighted by Gasteiger charge is 2.28. The van der Waals surface area contributed by atoms with Gasteiger partial charge in [-0.3, -0.25) is 9.89 Å². The third-order valence-electron chi connectivity index (χ3n) is 4.35. The molecular weight excluding hydrogens is 290 g/mol. The van der Waals surface area contributed by atoms with Gasteiger partial charge in [0.25, 0.3) is 5.91 Å². The van der Waals surface area contributed by atoms with Crippen LogP contribution in [0.3, 0.4) is 0 Å². The average molecular weight is 307 g/mol. The molecule has 0 radical (unpaired) electrons. The Morgan fingerprint density at radius 3 is 2.87 bits per heavy atom. The molecule has 23 heavy (non-hydrogen) atoms. The lowest BCUT2D eigenvalue weighted by Crippen LogP contribution is -2.39. The lowest BCUT2D eigenvalue weighted by atomic mass is 9.94. The molecule has 1 aliphatic rings. The number of aromatic nitrogens is 4. The quantitative estimate of drug-likeness (QED) is 0.788. The molecule has 6 nitrogen and oxygen atoms in total. The van der Waals surface area contributed by atoms with Gasteiger partial charge >= 0.3 is 0 Å². The van der Waals surface area contributed by atoms with E-state index < -0.39 is 0 Å². The van der Waals surface area contributed by atoms with Gasteiger partial charge in [0.15, 0.2) is 5.65 Å². The van der Waals surface area contributed by atoms with Crippen LogP contribution in [0.2, 0.25) is 0 Å². The number of nitrogens with zero attached hydrogens (tertiary/aromatic N) is 4. The Morgan fingerprint density at radius 1 is 1.17 bits per heavy atom. The summed E-state index contributed by atoms with van der Waals surface area (Å²) in [5.41, 5.74) is 3.17. The van der Waals surface area contributed by atoms with Crippen LogP contribution in [0.1, 0.15) is 34.8 Å². The Labute approximate surface area is 133 Å². The topological polar surface area (TPSA) is 74.8 Å². The van der Waals surface area contributed by atoms with E-state index >= 15 is 0 Å². The van der Waals surface area contributed by atoms with Crippen molar-refractivity contribution in [1.29, 1.82) is 0 Å². The van der Waals surface area contributed by atoms with Crippen molar-refractivity contribution in [3.05, 3.63) is 54.0 Å². The average Bonchev–Trinajstić information content (AvgIpc) is 3.06. The Morgan fingerprint density at radius 2 is 2.00 bits per heavy atom.